The number of carbonyl (C=O) groups is 1. The maximum atomic E-state index is 12.8. The maximum absolute atomic E-state index is 12.8. The van der Waals surface area contributed by atoms with Gasteiger partial charge in [-0.2, -0.15) is 0 Å². The lowest BCUT2D eigenvalue weighted by Gasteiger charge is -2.19. The number of nitrogens with zero attached hydrogens (tertiary/aromatic N) is 1. The van der Waals surface area contributed by atoms with Crippen LogP contribution in [-0.2, 0) is 16.4 Å². The number of rotatable bonds is 5. The van der Waals surface area contributed by atoms with Crippen LogP contribution in [-0.4, -0.2) is 39.1 Å². The molecule has 2 aromatic carbocycles. The van der Waals surface area contributed by atoms with Crippen LogP contribution in [0.25, 0.3) is 0 Å². The quantitative estimate of drug-likeness (QED) is 0.851. The average Bonchev–Trinajstić information content (AvgIpc) is 3.04. The summed E-state index contributed by atoms with van der Waals surface area (Å²) in [5.41, 5.74) is 1.89. The summed E-state index contributed by atoms with van der Waals surface area (Å²) in [4.78, 5) is 12.2. The van der Waals surface area contributed by atoms with Crippen molar-refractivity contribution in [2.75, 3.05) is 24.0 Å². The summed E-state index contributed by atoms with van der Waals surface area (Å²) in [6.07, 6.45) is 0.558. The van der Waals surface area contributed by atoms with E-state index < -0.39 is 10.0 Å². The molecule has 0 aromatic heterocycles. The summed E-state index contributed by atoms with van der Waals surface area (Å²) in [7, 11) is -3.60. The molecule has 24 heavy (non-hydrogen) atoms. The largest absolute Gasteiger partial charge is 0.395 e. The second-order valence-corrected chi connectivity index (χ2v) is 7.33. The van der Waals surface area contributed by atoms with Crippen LogP contribution in [0.5, 0.6) is 0 Å². The van der Waals surface area contributed by atoms with Crippen molar-refractivity contribution in [1.82, 2.24) is 5.32 Å². The fourth-order valence-corrected chi connectivity index (χ4v) is 4.28. The van der Waals surface area contributed by atoms with Gasteiger partial charge in [-0.1, -0.05) is 18.2 Å². The molecule has 2 aromatic rings. The molecule has 1 aliphatic rings. The van der Waals surface area contributed by atoms with Crippen LogP contribution in [0.4, 0.5) is 5.69 Å². The summed E-state index contributed by atoms with van der Waals surface area (Å²) in [5, 5.41) is 11.3. The Morgan fingerprint density at radius 3 is 2.62 bits per heavy atom. The van der Waals surface area contributed by atoms with Gasteiger partial charge in [0.25, 0.3) is 15.9 Å². The summed E-state index contributed by atoms with van der Waals surface area (Å²) >= 11 is 0. The van der Waals surface area contributed by atoms with Crippen LogP contribution in [0.1, 0.15) is 15.9 Å². The van der Waals surface area contributed by atoms with Gasteiger partial charge in [-0.15, -0.1) is 0 Å². The van der Waals surface area contributed by atoms with E-state index in [1.54, 1.807) is 48.5 Å². The molecule has 1 aliphatic heterocycles. The SMILES string of the molecule is O=C(NCCO)c1ccc2c(c1)CCN2S(=O)(=O)c1ccccc1. The van der Waals surface area contributed by atoms with E-state index in [-0.39, 0.29) is 24.0 Å². The number of amides is 1. The molecule has 3 rings (SSSR count). The molecule has 0 saturated heterocycles. The Morgan fingerprint density at radius 2 is 1.92 bits per heavy atom. The molecular formula is C17H18N2O4S. The van der Waals surface area contributed by atoms with E-state index in [1.165, 1.54) is 4.31 Å². The molecule has 0 unspecified atom stereocenters. The number of aliphatic hydroxyl groups is 1. The molecule has 6 nitrogen and oxygen atoms in total. The van der Waals surface area contributed by atoms with Gasteiger partial charge in [0.05, 0.1) is 17.2 Å². The number of benzene rings is 2. The van der Waals surface area contributed by atoms with Gasteiger partial charge in [0.2, 0.25) is 0 Å². The van der Waals surface area contributed by atoms with Crippen molar-refractivity contribution in [3.8, 4) is 0 Å². The van der Waals surface area contributed by atoms with E-state index >= 15 is 0 Å². The maximum Gasteiger partial charge on any atom is 0.264 e. The summed E-state index contributed by atoms with van der Waals surface area (Å²) < 4.78 is 26.9. The highest BCUT2D eigenvalue weighted by Crippen LogP contribution is 2.33. The topological polar surface area (TPSA) is 86.7 Å². The third-order valence-electron chi connectivity index (χ3n) is 3.92. The summed E-state index contributed by atoms with van der Waals surface area (Å²) in [5.74, 6) is -0.281. The minimum atomic E-state index is -3.60. The van der Waals surface area contributed by atoms with Gasteiger partial charge in [0.15, 0.2) is 0 Å². The number of nitrogens with one attached hydrogen (secondary N) is 1. The predicted octanol–water partition coefficient (Wildman–Crippen LogP) is 1.16. The van der Waals surface area contributed by atoms with E-state index in [4.69, 9.17) is 5.11 Å². The number of hydrogen-bond donors (Lipinski definition) is 2. The van der Waals surface area contributed by atoms with Crippen LogP contribution in [0.2, 0.25) is 0 Å². The van der Waals surface area contributed by atoms with Crippen molar-refractivity contribution in [2.24, 2.45) is 0 Å². The Balaban J connectivity index is 1.89. The average molecular weight is 346 g/mol. The Hall–Kier alpha value is -2.38. The van der Waals surface area contributed by atoms with Gasteiger partial charge in [-0.25, -0.2) is 8.42 Å². The first-order valence-corrected chi connectivity index (χ1v) is 9.08. The van der Waals surface area contributed by atoms with E-state index in [0.717, 1.165) is 5.56 Å². The van der Waals surface area contributed by atoms with Gasteiger partial charge >= 0.3 is 0 Å². The summed E-state index contributed by atoms with van der Waals surface area (Å²) in [6, 6.07) is 13.3. The molecule has 0 spiro atoms. The van der Waals surface area contributed by atoms with Crippen LogP contribution in [0.3, 0.4) is 0 Å². The molecule has 0 bridgehead atoms. The number of anilines is 1. The lowest BCUT2D eigenvalue weighted by molar-refractivity contribution is 0.0944. The fraction of sp³-hybridized carbons (Fsp3) is 0.235. The Kier molecular flexibility index (Phi) is 4.55. The summed E-state index contributed by atoms with van der Waals surface area (Å²) in [6.45, 7) is 0.415. The van der Waals surface area contributed by atoms with Crippen LogP contribution >= 0.6 is 0 Å². The van der Waals surface area contributed by atoms with E-state index in [0.29, 0.717) is 24.2 Å². The molecule has 0 fully saturated rings. The molecular weight excluding hydrogens is 328 g/mol. The highest BCUT2D eigenvalue weighted by atomic mass is 32.2. The highest BCUT2D eigenvalue weighted by Gasteiger charge is 2.31. The van der Waals surface area contributed by atoms with E-state index in [2.05, 4.69) is 5.32 Å². The van der Waals surface area contributed by atoms with Crippen molar-refractivity contribution in [1.29, 1.82) is 0 Å². The lowest BCUT2D eigenvalue weighted by Crippen LogP contribution is -2.29. The second kappa shape index (κ2) is 6.62. The van der Waals surface area contributed by atoms with Crippen molar-refractivity contribution >= 4 is 21.6 Å². The zero-order valence-corrected chi connectivity index (χ0v) is 13.8. The van der Waals surface area contributed by atoms with E-state index in [9.17, 15) is 13.2 Å². The zero-order valence-electron chi connectivity index (χ0n) is 13.0. The predicted molar refractivity (Wildman–Crippen MR) is 90.5 cm³/mol. The molecule has 126 valence electrons. The minimum absolute atomic E-state index is 0.125. The molecule has 0 saturated carbocycles. The smallest absolute Gasteiger partial charge is 0.264 e. The van der Waals surface area contributed by atoms with Crippen molar-refractivity contribution in [2.45, 2.75) is 11.3 Å². The van der Waals surface area contributed by atoms with Gasteiger partial charge in [0.1, 0.15) is 0 Å². The molecule has 7 heteroatoms. The number of carbonyl (C=O) groups excluding carboxylic acids is 1. The van der Waals surface area contributed by atoms with Gasteiger partial charge < -0.3 is 10.4 Å². The first-order chi connectivity index (χ1) is 11.5. The lowest BCUT2D eigenvalue weighted by atomic mass is 10.1. The molecule has 0 radical (unpaired) electrons. The fourth-order valence-electron chi connectivity index (χ4n) is 2.75. The number of fused-ring (bicyclic) bond motifs is 1. The van der Waals surface area contributed by atoms with Crippen LogP contribution < -0.4 is 9.62 Å². The molecule has 0 aliphatic carbocycles. The van der Waals surface area contributed by atoms with E-state index in [1.807, 2.05) is 0 Å². The normalized spacial score (nSPS) is 13.6. The molecule has 2 N–H and O–H groups in total. The first-order valence-electron chi connectivity index (χ1n) is 7.64. The van der Waals surface area contributed by atoms with Gasteiger partial charge in [0, 0.05) is 18.7 Å². The minimum Gasteiger partial charge on any atom is -0.395 e. The zero-order chi connectivity index (χ0) is 17.2. The second-order valence-electron chi connectivity index (χ2n) is 5.46. The molecule has 1 heterocycles. The van der Waals surface area contributed by atoms with Crippen molar-refractivity contribution < 1.29 is 18.3 Å². The third-order valence-corrected chi connectivity index (χ3v) is 5.75. The van der Waals surface area contributed by atoms with Crippen LogP contribution in [0.15, 0.2) is 53.4 Å². The number of hydrogen-bond acceptors (Lipinski definition) is 4. The number of sulfonamides is 1. The monoisotopic (exact) mass is 346 g/mol. The number of aliphatic hydroxyl groups excluding tert-OH is 1. The Morgan fingerprint density at radius 1 is 1.17 bits per heavy atom. The third kappa shape index (κ3) is 3.00. The van der Waals surface area contributed by atoms with Crippen molar-refractivity contribution in [3.63, 3.8) is 0 Å². The first kappa shape index (κ1) is 16.5. The van der Waals surface area contributed by atoms with Crippen LogP contribution in [0, 0.1) is 0 Å². The Labute approximate surface area is 140 Å². The molecule has 0 atom stereocenters. The molecule has 1 amide bonds. The van der Waals surface area contributed by atoms with Crippen molar-refractivity contribution in [3.05, 3.63) is 59.7 Å². The van der Waals surface area contributed by atoms with Gasteiger partial charge in [-0.3, -0.25) is 9.10 Å². The van der Waals surface area contributed by atoms with Gasteiger partial charge in [-0.05, 0) is 42.3 Å². The standard InChI is InChI=1S/C17H18N2O4S/c20-11-9-18-17(21)14-6-7-16-13(12-14)8-10-19(16)24(22,23)15-4-2-1-3-5-15/h1-7,12,20H,8-11H2,(H,18,21). The highest BCUT2D eigenvalue weighted by molar-refractivity contribution is 7.92. The Bertz CT molecular complexity index is 850.